The number of aryl methyl sites for hydroxylation is 1. The summed E-state index contributed by atoms with van der Waals surface area (Å²) in [6.07, 6.45) is 4.54. The Hall–Kier alpha value is -1.23. The Bertz CT molecular complexity index is 423. The van der Waals surface area contributed by atoms with Gasteiger partial charge in [-0.1, -0.05) is 6.92 Å². The number of carbonyl (C=O) groups is 1. The molecule has 0 aliphatic carbocycles. The van der Waals surface area contributed by atoms with Gasteiger partial charge in [0.2, 0.25) is 0 Å². The minimum atomic E-state index is -0.0547. The number of anilines is 1. The summed E-state index contributed by atoms with van der Waals surface area (Å²) >= 11 is 1.74. The third-order valence-electron chi connectivity index (χ3n) is 3.00. The van der Waals surface area contributed by atoms with E-state index in [1.54, 1.807) is 28.9 Å². The van der Waals surface area contributed by atoms with Gasteiger partial charge >= 0.3 is 0 Å². The van der Waals surface area contributed by atoms with Crippen LogP contribution < -0.4 is 5.73 Å². The van der Waals surface area contributed by atoms with Crippen molar-refractivity contribution in [1.82, 2.24) is 9.88 Å². The summed E-state index contributed by atoms with van der Waals surface area (Å²) in [5, 5.41) is 0. The summed E-state index contributed by atoms with van der Waals surface area (Å²) < 4.78 is 0. The maximum atomic E-state index is 12.3. The van der Waals surface area contributed by atoms with Gasteiger partial charge in [-0.15, -0.1) is 0 Å². The van der Waals surface area contributed by atoms with Crippen LogP contribution in [0, 0.1) is 6.92 Å². The van der Waals surface area contributed by atoms with Crippen molar-refractivity contribution in [3.63, 3.8) is 0 Å². The molecule has 18 heavy (non-hydrogen) atoms. The molecule has 1 amide bonds. The first kappa shape index (κ1) is 14.8. The Balaban J connectivity index is 2.91. The normalized spacial score (nSPS) is 12.2. The van der Waals surface area contributed by atoms with Crippen molar-refractivity contribution in [2.75, 3.05) is 24.8 Å². The van der Waals surface area contributed by atoms with E-state index in [1.165, 1.54) is 0 Å². The summed E-state index contributed by atoms with van der Waals surface area (Å²) in [6.45, 7) is 3.94. The lowest BCUT2D eigenvalue weighted by Crippen LogP contribution is -2.38. The minimum absolute atomic E-state index is 0.0547. The fourth-order valence-corrected chi connectivity index (χ4v) is 2.66. The van der Waals surface area contributed by atoms with Crippen molar-refractivity contribution in [2.45, 2.75) is 26.3 Å². The van der Waals surface area contributed by atoms with Gasteiger partial charge in [0.25, 0.3) is 5.91 Å². The molecule has 5 heteroatoms. The molecule has 0 aromatic carbocycles. The average Bonchev–Trinajstić information content (AvgIpc) is 2.34. The third-order valence-corrected chi connectivity index (χ3v) is 3.72. The highest BCUT2D eigenvalue weighted by Crippen LogP contribution is 2.17. The zero-order valence-corrected chi connectivity index (χ0v) is 12.3. The van der Waals surface area contributed by atoms with Crippen molar-refractivity contribution < 1.29 is 4.79 Å². The highest BCUT2D eigenvalue weighted by atomic mass is 32.2. The van der Waals surface area contributed by atoms with Gasteiger partial charge in [-0.05, 0) is 25.7 Å². The van der Waals surface area contributed by atoms with E-state index < -0.39 is 0 Å². The first-order chi connectivity index (χ1) is 8.51. The molecule has 1 aromatic heterocycles. The van der Waals surface area contributed by atoms with Gasteiger partial charge in [-0.3, -0.25) is 9.78 Å². The number of hydrogen-bond donors (Lipinski definition) is 1. The van der Waals surface area contributed by atoms with Crippen LogP contribution in [0.15, 0.2) is 12.3 Å². The molecule has 1 rings (SSSR count). The zero-order valence-electron chi connectivity index (χ0n) is 11.4. The highest BCUT2D eigenvalue weighted by molar-refractivity contribution is 7.98. The SMILES string of the molecule is CCC(CSC)N(C)C(=O)c1cnc(C)cc1N. The number of thioether (sulfide) groups is 1. The molecule has 1 unspecified atom stereocenters. The van der Waals surface area contributed by atoms with Crippen LogP contribution in [0.1, 0.15) is 29.4 Å². The first-order valence-electron chi connectivity index (χ1n) is 5.99. The molecule has 100 valence electrons. The molecule has 0 aliphatic heterocycles. The smallest absolute Gasteiger partial charge is 0.257 e. The van der Waals surface area contributed by atoms with Gasteiger partial charge in [-0.25, -0.2) is 0 Å². The fraction of sp³-hybridized carbons (Fsp3) is 0.538. The van der Waals surface area contributed by atoms with Gasteiger partial charge < -0.3 is 10.6 Å². The van der Waals surface area contributed by atoms with Crippen molar-refractivity contribution in [2.24, 2.45) is 0 Å². The number of aromatic nitrogens is 1. The molecule has 0 aliphatic rings. The van der Waals surface area contributed by atoms with Gasteiger partial charge in [0, 0.05) is 36.4 Å². The average molecular weight is 267 g/mol. The largest absolute Gasteiger partial charge is 0.398 e. The van der Waals surface area contributed by atoms with Crippen molar-refractivity contribution >= 4 is 23.4 Å². The number of nitrogens with two attached hydrogens (primary N) is 1. The van der Waals surface area contributed by atoms with Gasteiger partial charge in [-0.2, -0.15) is 11.8 Å². The van der Waals surface area contributed by atoms with E-state index in [9.17, 15) is 4.79 Å². The van der Waals surface area contributed by atoms with E-state index in [0.717, 1.165) is 17.9 Å². The first-order valence-corrected chi connectivity index (χ1v) is 7.38. The Morgan fingerprint density at radius 1 is 1.61 bits per heavy atom. The predicted octanol–water partition coefficient (Wildman–Crippen LogP) is 2.19. The number of carbonyl (C=O) groups excluding carboxylic acids is 1. The monoisotopic (exact) mass is 267 g/mol. The summed E-state index contributed by atoms with van der Waals surface area (Å²) in [4.78, 5) is 18.3. The molecule has 0 radical (unpaired) electrons. The number of nitrogen functional groups attached to an aromatic ring is 1. The number of rotatable bonds is 5. The summed E-state index contributed by atoms with van der Waals surface area (Å²) in [7, 11) is 1.83. The number of hydrogen-bond acceptors (Lipinski definition) is 4. The standard InChI is InChI=1S/C13H21N3OS/c1-5-10(8-18-4)16(3)13(17)11-7-15-9(2)6-12(11)14/h6-7,10H,5,8H2,1-4H3,(H2,14,15). The van der Waals surface area contributed by atoms with Crippen LogP contribution in [0.3, 0.4) is 0 Å². The lowest BCUT2D eigenvalue weighted by molar-refractivity contribution is 0.0744. The summed E-state index contributed by atoms with van der Waals surface area (Å²) in [6, 6.07) is 1.96. The molecule has 0 saturated carbocycles. The molecule has 1 aromatic rings. The maximum absolute atomic E-state index is 12.3. The maximum Gasteiger partial charge on any atom is 0.257 e. The molecule has 0 bridgehead atoms. The number of amides is 1. The molecular formula is C13H21N3OS. The summed E-state index contributed by atoms with van der Waals surface area (Å²) in [5.74, 6) is 0.874. The molecule has 1 atom stereocenters. The Morgan fingerprint density at radius 2 is 2.28 bits per heavy atom. The van der Waals surface area contributed by atoms with Crippen molar-refractivity contribution in [3.05, 3.63) is 23.5 Å². The van der Waals surface area contributed by atoms with Crippen LogP contribution in [0.4, 0.5) is 5.69 Å². The molecule has 0 saturated heterocycles. The number of nitrogens with zero attached hydrogens (tertiary/aromatic N) is 2. The molecule has 0 spiro atoms. The van der Waals surface area contributed by atoms with Crippen molar-refractivity contribution in [3.8, 4) is 0 Å². The molecule has 2 N–H and O–H groups in total. The predicted molar refractivity (Wildman–Crippen MR) is 77.9 cm³/mol. The lowest BCUT2D eigenvalue weighted by atomic mass is 10.1. The van der Waals surface area contributed by atoms with E-state index in [-0.39, 0.29) is 11.9 Å². The molecular weight excluding hydrogens is 246 g/mol. The van der Waals surface area contributed by atoms with E-state index in [4.69, 9.17) is 5.73 Å². The van der Waals surface area contributed by atoms with Gasteiger partial charge in [0.1, 0.15) is 0 Å². The molecule has 0 fully saturated rings. The van der Waals surface area contributed by atoms with Crippen LogP contribution in [0.2, 0.25) is 0 Å². The van der Waals surface area contributed by atoms with E-state index in [1.807, 2.05) is 20.2 Å². The van der Waals surface area contributed by atoms with Crippen LogP contribution >= 0.6 is 11.8 Å². The number of pyridine rings is 1. The van der Waals surface area contributed by atoms with Crippen LogP contribution in [-0.2, 0) is 0 Å². The second kappa shape index (κ2) is 6.64. The molecule has 4 nitrogen and oxygen atoms in total. The molecule has 1 heterocycles. The Morgan fingerprint density at radius 3 is 2.78 bits per heavy atom. The Kier molecular flexibility index (Phi) is 5.47. The van der Waals surface area contributed by atoms with Crippen LogP contribution in [0.25, 0.3) is 0 Å². The van der Waals surface area contributed by atoms with Gasteiger partial charge in [0.15, 0.2) is 0 Å². The van der Waals surface area contributed by atoms with Gasteiger partial charge in [0.05, 0.1) is 5.56 Å². The minimum Gasteiger partial charge on any atom is -0.398 e. The van der Waals surface area contributed by atoms with Crippen LogP contribution in [-0.4, -0.2) is 40.9 Å². The third kappa shape index (κ3) is 3.38. The highest BCUT2D eigenvalue weighted by Gasteiger charge is 2.21. The van der Waals surface area contributed by atoms with Crippen molar-refractivity contribution in [1.29, 1.82) is 0 Å². The Labute approximate surface area is 113 Å². The topological polar surface area (TPSA) is 59.2 Å². The second-order valence-corrected chi connectivity index (χ2v) is 5.26. The second-order valence-electron chi connectivity index (χ2n) is 4.35. The van der Waals surface area contributed by atoms with E-state index >= 15 is 0 Å². The van der Waals surface area contributed by atoms with Crippen LogP contribution in [0.5, 0.6) is 0 Å². The van der Waals surface area contributed by atoms with E-state index in [2.05, 4.69) is 11.9 Å². The zero-order chi connectivity index (χ0) is 13.7. The lowest BCUT2D eigenvalue weighted by Gasteiger charge is -2.27. The summed E-state index contributed by atoms with van der Waals surface area (Å²) in [5.41, 5.74) is 7.69. The quantitative estimate of drug-likeness (QED) is 0.888. The van der Waals surface area contributed by atoms with E-state index in [0.29, 0.717) is 11.3 Å². The fourth-order valence-electron chi connectivity index (χ4n) is 1.81.